The highest BCUT2D eigenvalue weighted by Gasteiger charge is 2.12. The number of hydrogen-bond acceptors (Lipinski definition) is 4. The Hall–Kier alpha value is -1.75. The van der Waals surface area contributed by atoms with Crippen LogP contribution < -0.4 is 14.8 Å². The number of benzene rings is 1. The highest BCUT2D eigenvalue weighted by molar-refractivity contribution is 5.77. The van der Waals surface area contributed by atoms with Gasteiger partial charge < -0.3 is 14.8 Å². The Morgan fingerprint density at radius 2 is 1.73 bits per heavy atom. The Kier molecular flexibility index (Phi) is 7.03. The summed E-state index contributed by atoms with van der Waals surface area (Å²) in [6, 6.07) is 7.43. The lowest BCUT2D eigenvalue weighted by Gasteiger charge is -2.19. The first-order valence-corrected chi connectivity index (χ1v) is 8.04. The Morgan fingerprint density at radius 1 is 1.09 bits per heavy atom. The first-order valence-electron chi connectivity index (χ1n) is 8.04. The number of carbonyl (C=O) groups is 1. The highest BCUT2D eigenvalue weighted by Crippen LogP contribution is 2.16. The lowest BCUT2D eigenvalue weighted by molar-refractivity contribution is -0.122. The highest BCUT2D eigenvalue weighted by atomic mass is 16.5. The van der Waals surface area contributed by atoms with E-state index in [0.717, 1.165) is 24.6 Å². The van der Waals surface area contributed by atoms with Gasteiger partial charge in [-0.1, -0.05) is 12.8 Å². The molecule has 1 aromatic rings. The molecule has 0 bridgehead atoms. The van der Waals surface area contributed by atoms with Crippen molar-refractivity contribution in [3.05, 3.63) is 24.3 Å². The summed E-state index contributed by atoms with van der Waals surface area (Å²) in [5.41, 5.74) is 0. The van der Waals surface area contributed by atoms with E-state index in [0.29, 0.717) is 19.7 Å². The Morgan fingerprint density at radius 3 is 2.36 bits per heavy atom. The van der Waals surface area contributed by atoms with Crippen molar-refractivity contribution in [2.45, 2.75) is 25.7 Å². The number of rotatable bonds is 7. The normalized spacial score (nSPS) is 15.9. The molecule has 1 N–H and O–H groups in total. The predicted molar refractivity (Wildman–Crippen MR) is 86.4 cm³/mol. The van der Waals surface area contributed by atoms with Crippen LogP contribution in [0.3, 0.4) is 0 Å². The molecule has 0 atom stereocenters. The number of amides is 1. The zero-order valence-corrected chi connectivity index (χ0v) is 13.3. The zero-order chi connectivity index (χ0) is 15.6. The summed E-state index contributed by atoms with van der Waals surface area (Å²) in [5, 5.41) is 2.91. The van der Waals surface area contributed by atoms with Crippen LogP contribution in [0.2, 0.25) is 0 Å². The van der Waals surface area contributed by atoms with Crippen molar-refractivity contribution in [3.63, 3.8) is 0 Å². The summed E-state index contributed by atoms with van der Waals surface area (Å²) in [6.45, 7) is 3.57. The van der Waals surface area contributed by atoms with Crippen molar-refractivity contribution in [1.82, 2.24) is 10.2 Å². The molecule has 1 aliphatic heterocycles. The lowest BCUT2D eigenvalue weighted by Crippen LogP contribution is -2.39. The van der Waals surface area contributed by atoms with Gasteiger partial charge in [0.2, 0.25) is 5.91 Å². The minimum Gasteiger partial charge on any atom is -0.497 e. The molecule has 1 saturated heterocycles. The monoisotopic (exact) mass is 306 g/mol. The first-order chi connectivity index (χ1) is 10.8. The predicted octanol–water partition coefficient (Wildman–Crippen LogP) is 2.07. The SMILES string of the molecule is COc1ccc(OCCNC(=O)CN2CCCCCC2)cc1. The van der Waals surface area contributed by atoms with Crippen molar-refractivity contribution >= 4 is 5.91 Å². The van der Waals surface area contributed by atoms with Crippen LogP contribution in [0.25, 0.3) is 0 Å². The fourth-order valence-corrected chi connectivity index (χ4v) is 2.58. The smallest absolute Gasteiger partial charge is 0.234 e. The minimum atomic E-state index is 0.0835. The Balaban J connectivity index is 1.59. The summed E-state index contributed by atoms with van der Waals surface area (Å²) in [5.74, 6) is 1.67. The third-order valence-electron chi connectivity index (χ3n) is 3.82. The van der Waals surface area contributed by atoms with Gasteiger partial charge in [-0.25, -0.2) is 0 Å². The first kappa shape index (κ1) is 16.6. The standard InChI is InChI=1S/C17H26N2O3/c1-21-15-6-8-16(9-7-15)22-13-10-18-17(20)14-19-11-4-2-3-5-12-19/h6-9H,2-5,10-14H2,1H3,(H,18,20). The van der Waals surface area contributed by atoms with Gasteiger partial charge in [-0.05, 0) is 50.2 Å². The number of hydrogen-bond donors (Lipinski definition) is 1. The molecule has 0 saturated carbocycles. The summed E-state index contributed by atoms with van der Waals surface area (Å²) >= 11 is 0. The number of methoxy groups -OCH3 is 1. The molecular formula is C17H26N2O3. The maximum absolute atomic E-state index is 11.9. The van der Waals surface area contributed by atoms with E-state index in [1.54, 1.807) is 7.11 Å². The second-order valence-corrected chi connectivity index (χ2v) is 5.56. The van der Waals surface area contributed by atoms with Gasteiger partial charge in [0.15, 0.2) is 0 Å². The average molecular weight is 306 g/mol. The van der Waals surface area contributed by atoms with Crippen molar-refractivity contribution < 1.29 is 14.3 Å². The van der Waals surface area contributed by atoms with E-state index in [1.807, 2.05) is 24.3 Å². The van der Waals surface area contributed by atoms with Crippen LogP contribution in [0.1, 0.15) is 25.7 Å². The van der Waals surface area contributed by atoms with Crippen LogP contribution in [0, 0.1) is 0 Å². The van der Waals surface area contributed by atoms with Crippen molar-refractivity contribution in [1.29, 1.82) is 0 Å². The second-order valence-electron chi connectivity index (χ2n) is 5.56. The van der Waals surface area contributed by atoms with E-state index in [-0.39, 0.29) is 5.91 Å². The van der Waals surface area contributed by atoms with Crippen LogP contribution in [0.15, 0.2) is 24.3 Å². The molecule has 1 fully saturated rings. The molecule has 0 radical (unpaired) electrons. The molecule has 0 aliphatic carbocycles. The third kappa shape index (κ3) is 5.93. The maximum Gasteiger partial charge on any atom is 0.234 e. The molecule has 2 rings (SSSR count). The number of nitrogens with zero attached hydrogens (tertiary/aromatic N) is 1. The van der Waals surface area contributed by atoms with Gasteiger partial charge in [-0.3, -0.25) is 9.69 Å². The Labute approximate surface area is 132 Å². The minimum absolute atomic E-state index is 0.0835. The van der Waals surface area contributed by atoms with E-state index in [2.05, 4.69) is 10.2 Å². The molecule has 1 aromatic carbocycles. The number of carbonyl (C=O) groups excluding carboxylic acids is 1. The molecule has 5 heteroatoms. The molecular weight excluding hydrogens is 280 g/mol. The van der Waals surface area contributed by atoms with Gasteiger partial charge in [0.25, 0.3) is 0 Å². The van der Waals surface area contributed by atoms with Gasteiger partial charge in [-0.15, -0.1) is 0 Å². The van der Waals surface area contributed by atoms with E-state index in [1.165, 1.54) is 25.7 Å². The second kappa shape index (κ2) is 9.30. The molecule has 0 aromatic heterocycles. The van der Waals surface area contributed by atoms with Crippen LogP contribution in [0.5, 0.6) is 11.5 Å². The lowest BCUT2D eigenvalue weighted by atomic mass is 10.2. The van der Waals surface area contributed by atoms with Crippen LogP contribution in [0.4, 0.5) is 0 Å². The molecule has 1 amide bonds. The third-order valence-corrected chi connectivity index (χ3v) is 3.82. The van der Waals surface area contributed by atoms with E-state index >= 15 is 0 Å². The molecule has 122 valence electrons. The van der Waals surface area contributed by atoms with Gasteiger partial charge in [0, 0.05) is 0 Å². The fraction of sp³-hybridized carbons (Fsp3) is 0.588. The van der Waals surface area contributed by atoms with Crippen molar-refractivity contribution in [2.75, 3.05) is 39.9 Å². The average Bonchev–Trinajstić information content (AvgIpc) is 2.81. The van der Waals surface area contributed by atoms with Gasteiger partial charge in [0.1, 0.15) is 18.1 Å². The molecule has 5 nitrogen and oxygen atoms in total. The van der Waals surface area contributed by atoms with Crippen molar-refractivity contribution in [2.24, 2.45) is 0 Å². The Bertz CT molecular complexity index is 440. The molecule has 0 unspecified atom stereocenters. The van der Waals surface area contributed by atoms with Gasteiger partial charge in [-0.2, -0.15) is 0 Å². The van der Waals surface area contributed by atoms with Crippen LogP contribution in [-0.2, 0) is 4.79 Å². The quantitative estimate of drug-likeness (QED) is 0.784. The van der Waals surface area contributed by atoms with Crippen molar-refractivity contribution in [3.8, 4) is 11.5 Å². The van der Waals surface area contributed by atoms with Gasteiger partial charge in [0.05, 0.1) is 20.2 Å². The number of likely N-dealkylation sites (tertiary alicyclic amines) is 1. The summed E-state index contributed by atoms with van der Waals surface area (Å²) in [7, 11) is 1.63. The number of nitrogens with one attached hydrogen (secondary N) is 1. The zero-order valence-electron chi connectivity index (χ0n) is 13.3. The number of ether oxygens (including phenoxy) is 2. The van der Waals surface area contributed by atoms with Gasteiger partial charge >= 0.3 is 0 Å². The summed E-state index contributed by atoms with van der Waals surface area (Å²) in [6.07, 6.45) is 4.98. The topological polar surface area (TPSA) is 50.8 Å². The van der Waals surface area contributed by atoms with Crippen LogP contribution >= 0.6 is 0 Å². The molecule has 1 aliphatic rings. The van der Waals surface area contributed by atoms with Crippen LogP contribution in [-0.4, -0.2) is 50.7 Å². The summed E-state index contributed by atoms with van der Waals surface area (Å²) in [4.78, 5) is 14.1. The van der Waals surface area contributed by atoms with E-state index < -0.39 is 0 Å². The van der Waals surface area contributed by atoms with E-state index in [9.17, 15) is 4.79 Å². The fourth-order valence-electron chi connectivity index (χ4n) is 2.58. The molecule has 22 heavy (non-hydrogen) atoms. The molecule has 1 heterocycles. The van der Waals surface area contributed by atoms with E-state index in [4.69, 9.17) is 9.47 Å². The maximum atomic E-state index is 11.9. The largest absolute Gasteiger partial charge is 0.497 e. The molecule has 0 spiro atoms. The summed E-state index contributed by atoms with van der Waals surface area (Å²) < 4.78 is 10.7.